The molecule has 0 aliphatic rings. The monoisotopic (exact) mass is 563 g/mol. The van der Waals surface area contributed by atoms with Gasteiger partial charge in [-0.2, -0.15) is 8.42 Å². The minimum Gasteiger partial charge on any atom is -0.469 e. The third kappa shape index (κ3) is 9.70. The molecule has 0 aliphatic heterocycles. The standard InChI is InChI=1S/C12H15NO7S.C11H18O6/c1-8(2)11(12(14)19-3)20-21(17,18)10-6-4-9(5-7-10)13(15)16;1-6(2)7(9(12)15-3)8(10(13)16-4)11(14)17-5/h4-8,11H,1-3H3;6-8H,1-5H3/t11-;7-/m11/s1. The normalized spacial score (nSPS) is 12.6. The molecule has 38 heavy (non-hydrogen) atoms. The van der Waals surface area contributed by atoms with Crippen molar-refractivity contribution in [3.05, 3.63) is 34.4 Å². The molecule has 0 N–H and O–H groups in total. The molecule has 0 spiro atoms. The summed E-state index contributed by atoms with van der Waals surface area (Å²) in [7, 11) is 0.388. The molecule has 0 aliphatic carbocycles. The topological polar surface area (TPSA) is 192 Å². The summed E-state index contributed by atoms with van der Waals surface area (Å²) in [4.78, 5) is 55.8. The first kappa shape index (κ1) is 34.4. The number of nitro benzene ring substituents is 1. The van der Waals surface area contributed by atoms with Gasteiger partial charge in [-0.05, 0) is 24.0 Å². The van der Waals surface area contributed by atoms with E-state index in [-0.39, 0.29) is 16.5 Å². The van der Waals surface area contributed by atoms with Crippen molar-refractivity contribution >= 4 is 39.7 Å². The van der Waals surface area contributed by atoms with Gasteiger partial charge in [-0.3, -0.25) is 28.7 Å². The van der Waals surface area contributed by atoms with Gasteiger partial charge in [-0.25, -0.2) is 4.79 Å². The average molecular weight is 564 g/mol. The summed E-state index contributed by atoms with van der Waals surface area (Å²) < 4.78 is 47.1. The Bertz CT molecular complexity index is 1070. The first-order chi connectivity index (χ1) is 17.6. The number of nitrogens with zero attached hydrogens (tertiary/aromatic N) is 1. The van der Waals surface area contributed by atoms with Crippen LogP contribution in [0.2, 0.25) is 0 Å². The van der Waals surface area contributed by atoms with E-state index >= 15 is 0 Å². The molecule has 1 aromatic carbocycles. The van der Waals surface area contributed by atoms with E-state index in [9.17, 15) is 37.7 Å². The van der Waals surface area contributed by atoms with Crippen molar-refractivity contribution in [1.82, 2.24) is 0 Å². The molecular weight excluding hydrogens is 530 g/mol. The minimum absolute atomic E-state index is 0.248. The number of carbonyl (C=O) groups is 4. The number of non-ortho nitro benzene ring substituents is 1. The SMILES string of the molecule is COC(=O)C(C(=O)OC)[C@H](C(=O)OC)C(C)C.COC(=O)[C@H](OS(=O)(=O)c1ccc([N+](=O)[O-])cc1)C(C)C. The van der Waals surface area contributed by atoms with Gasteiger partial charge in [0.15, 0.2) is 12.0 Å². The highest BCUT2D eigenvalue weighted by Gasteiger charge is 2.43. The van der Waals surface area contributed by atoms with Gasteiger partial charge >= 0.3 is 23.9 Å². The van der Waals surface area contributed by atoms with Crippen LogP contribution in [0.1, 0.15) is 27.7 Å². The molecule has 14 nitrogen and oxygen atoms in total. The van der Waals surface area contributed by atoms with Gasteiger partial charge in [0.05, 0.1) is 44.2 Å². The molecular formula is C23H33NO13S. The van der Waals surface area contributed by atoms with Crippen LogP contribution in [0.4, 0.5) is 5.69 Å². The second-order valence-electron chi connectivity index (χ2n) is 8.31. The van der Waals surface area contributed by atoms with E-state index in [0.29, 0.717) is 0 Å². The second-order valence-corrected chi connectivity index (χ2v) is 9.88. The largest absolute Gasteiger partial charge is 0.469 e. The van der Waals surface area contributed by atoms with Gasteiger partial charge in [-0.15, -0.1) is 0 Å². The maximum absolute atomic E-state index is 12.0. The molecule has 1 aromatic rings. The molecule has 0 fully saturated rings. The number of carbonyl (C=O) groups excluding carboxylic acids is 4. The first-order valence-corrected chi connectivity index (χ1v) is 12.5. The zero-order valence-electron chi connectivity index (χ0n) is 22.4. The molecule has 0 amide bonds. The predicted octanol–water partition coefficient (Wildman–Crippen LogP) is 1.89. The fraction of sp³-hybridized carbons (Fsp3) is 0.565. The number of nitro groups is 1. The number of methoxy groups -OCH3 is 4. The highest BCUT2D eigenvalue weighted by atomic mass is 32.2. The van der Waals surface area contributed by atoms with E-state index in [1.54, 1.807) is 27.7 Å². The lowest BCUT2D eigenvalue weighted by atomic mass is 9.83. The van der Waals surface area contributed by atoms with E-state index in [0.717, 1.165) is 45.6 Å². The summed E-state index contributed by atoms with van der Waals surface area (Å²) in [6.45, 7) is 6.63. The Morgan fingerprint density at radius 1 is 0.737 bits per heavy atom. The fourth-order valence-electron chi connectivity index (χ4n) is 3.04. The molecule has 214 valence electrons. The lowest BCUT2D eigenvalue weighted by Gasteiger charge is -2.23. The number of hydrogen-bond donors (Lipinski definition) is 0. The maximum atomic E-state index is 12.0. The molecule has 0 saturated carbocycles. The van der Waals surface area contributed by atoms with Crippen LogP contribution in [-0.4, -0.2) is 71.8 Å². The number of esters is 4. The summed E-state index contributed by atoms with van der Waals surface area (Å²) in [5.41, 5.74) is -0.248. The van der Waals surface area contributed by atoms with E-state index in [2.05, 4.69) is 18.9 Å². The van der Waals surface area contributed by atoms with Crippen molar-refractivity contribution in [1.29, 1.82) is 0 Å². The number of hydrogen-bond acceptors (Lipinski definition) is 13. The van der Waals surface area contributed by atoms with Crippen molar-refractivity contribution in [3.63, 3.8) is 0 Å². The first-order valence-electron chi connectivity index (χ1n) is 11.1. The molecule has 0 saturated heterocycles. The smallest absolute Gasteiger partial charge is 0.336 e. The summed E-state index contributed by atoms with van der Waals surface area (Å²) in [5.74, 6) is -5.95. The minimum atomic E-state index is -4.23. The molecule has 0 aromatic heterocycles. The van der Waals surface area contributed by atoms with Gasteiger partial charge in [0, 0.05) is 12.1 Å². The Balaban J connectivity index is 0.000000739. The molecule has 0 unspecified atom stereocenters. The van der Waals surface area contributed by atoms with Crippen LogP contribution in [0.15, 0.2) is 29.2 Å². The molecule has 0 bridgehead atoms. The van der Waals surface area contributed by atoms with Crippen LogP contribution < -0.4 is 0 Å². The van der Waals surface area contributed by atoms with Crippen LogP contribution in [0.5, 0.6) is 0 Å². The van der Waals surface area contributed by atoms with Crippen molar-refractivity contribution in [2.45, 2.75) is 38.7 Å². The maximum Gasteiger partial charge on any atom is 0.336 e. The van der Waals surface area contributed by atoms with Crippen LogP contribution >= 0.6 is 0 Å². The molecule has 0 radical (unpaired) electrons. The Kier molecular flexibility index (Phi) is 14.1. The summed E-state index contributed by atoms with van der Waals surface area (Å²) in [6, 6.07) is 4.17. The fourth-order valence-corrected chi connectivity index (χ4v) is 4.19. The van der Waals surface area contributed by atoms with Gasteiger partial charge in [0.2, 0.25) is 0 Å². The number of rotatable bonds is 11. The zero-order valence-corrected chi connectivity index (χ0v) is 23.2. The summed E-state index contributed by atoms with van der Waals surface area (Å²) in [5, 5.41) is 10.5. The quantitative estimate of drug-likeness (QED) is 0.0947. The van der Waals surface area contributed by atoms with Gasteiger partial charge < -0.3 is 18.9 Å². The van der Waals surface area contributed by atoms with Crippen LogP contribution in [0.3, 0.4) is 0 Å². The predicted molar refractivity (Wildman–Crippen MR) is 130 cm³/mol. The molecule has 0 heterocycles. The van der Waals surface area contributed by atoms with Gasteiger partial charge in [-0.1, -0.05) is 27.7 Å². The molecule has 1 rings (SSSR count). The van der Waals surface area contributed by atoms with E-state index in [1.165, 1.54) is 7.11 Å². The second kappa shape index (κ2) is 15.6. The zero-order chi connectivity index (χ0) is 29.8. The highest BCUT2D eigenvalue weighted by molar-refractivity contribution is 7.86. The Hall–Kier alpha value is -3.59. The number of ether oxygens (including phenoxy) is 4. The third-order valence-electron chi connectivity index (χ3n) is 5.07. The highest BCUT2D eigenvalue weighted by Crippen LogP contribution is 2.25. The third-order valence-corrected chi connectivity index (χ3v) is 6.38. The van der Waals surface area contributed by atoms with Crippen LogP contribution in [-0.2, 0) is 52.4 Å². The van der Waals surface area contributed by atoms with E-state index < -0.39 is 62.8 Å². The average Bonchev–Trinajstić information content (AvgIpc) is 2.88. The molecule has 2 atom stereocenters. The van der Waals surface area contributed by atoms with Crippen molar-refractivity contribution in [2.75, 3.05) is 28.4 Å². The van der Waals surface area contributed by atoms with Crippen molar-refractivity contribution < 1.29 is 55.6 Å². The van der Waals surface area contributed by atoms with Crippen LogP contribution in [0.25, 0.3) is 0 Å². The number of benzene rings is 1. The van der Waals surface area contributed by atoms with Gasteiger partial charge in [0.25, 0.3) is 15.8 Å². The Labute approximate surface area is 220 Å². The van der Waals surface area contributed by atoms with Gasteiger partial charge in [0.1, 0.15) is 0 Å². The molecule has 15 heteroatoms. The van der Waals surface area contributed by atoms with E-state index in [4.69, 9.17) is 4.18 Å². The van der Waals surface area contributed by atoms with E-state index in [1.807, 2.05) is 0 Å². The Morgan fingerprint density at radius 3 is 1.47 bits per heavy atom. The lowest BCUT2D eigenvalue weighted by molar-refractivity contribution is -0.384. The van der Waals surface area contributed by atoms with Crippen LogP contribution in [0, 0.1) is 33.8 Å². The summed E-state index contributed by atoms with van der Waals surface area (Å²) in [6.07, 6.45) is -1.28. The van der Waals surface area contributed by atoms with Crippen molar-refractivity contribution in [2.24, 2.45) is 23.7 Å². The Morgan fingerprint density at radius 2 is 1.16 bits per heavy atom. The lowest BCUT2D eigenvalue weighted by Crippen LogP contribution is -2.40. The van der Waals surface area contributed by atoms with Crippen molar-refractivity contribution in [3.8, 4) is 0 Å². The summed E-state index contributed by atoms with van der Waals surface area (Å²) >= 11 is 0.